The average molecular weight is 728 g/mol. The minimum Gasteiger partial charge on any atom is -0.461 e. The number of hydrogen-bond acceptors (Lipinski definition) is 16. The van der Waals surface area contributed by atoms with Crippen molar-refractivity contribution in [1.82, 2.24) is 10.6 Å². The number of carbonyl (C=O) groups is 5. The fourth-order valence-corrected chi connectivity index (χ4v) is 6.85. The van der Waals surface area contributed by atoms with Crippen molar-refractivity contribution >= 4 is 29.7 Å². The molecule has 5 aliphatic heterocycles. The largest absolute Gasteiger partial charge is 0.461 e. The van der Waals surface area contributed by atoms with Gasteiger partial charge in [0.05, 0.1) is 18.8 Å². The third-order valence-corrected chi connectivity index (χ3v) is 8.59. The zero-order chi connectivity index (χ0) is 37.4. The molecule has 0 aliphatic carbocycles. The van der Waals surface area contributed by atoms with E-state index in [0.717, 1.165) is 13.8 Å². The van der Waals surface area contributed by atoms with Gasteiger partial charge in [0.15, 0.2) is 42.1 Å². The van der Waals surface area contributed by atoms with E-state index >= 15 is 0 Å². The number of amides is 2. The van der Waals surface area contributed by atoms with E-state index in [2.05, 4.69) is 20.7 Å². The van der Waals surface area contributed by atoms with E-state index in [-0.39, 0.29) is 19.6 Å². The Kier molecular flexibility index (Phi) is 11.5. The Hall–Kier alpha value is -3.62. The molecule has 0 spiro atoms. The van der Waals surface area contributed by atoms with E-state index in [0.29, 0.717) is 0 Å². The van der Waals surface area contributed by atoms with Crippen LogP contribution in [-0.4, -0.2) is 140 Å². The van der Waals surface area contributed by atoms with Gasteiger partial charge in [0.25, 0.3) is 11.8 Å². The van der Waals surface area contributed by atoms with E-state index in [9.17, 15) is 24.0 Å². The molecule has 5 rings (SSSR count). The first-order chi connectivity index (χ1) is 23.9. The summed E-state index contributed by atoms with van der Waals surface area (Å²) in [7, 11) is 0. The van der Waals surface area contributed by atoms with Gasteiger partial charge in [0.1, 0.15) is 36.6 Å². The molecule has 0 aromatic rings. The SMILES string of the molecule is CC(=O)O[C@@H]1[C@H](OC(C)=O)[C@@H](C(=O)OC(C)C)O[C@H]1CNC(=O)[C@H]1O[C@@H](CNC(=O)[C@H]2O[C@@H](CN=[N+]=[N-])[C@@H]3OC(C)(C)O[C@@H]32)[C@@H]2OC(C)(C)O[C@@H]21. The minimum absolute atomic E-state index is 0.0615. The Morgan fingerprint density at radius 1 is 0.706 bits per heavy atom. The molecule has 0 aromatic carbocycles. The third kappa shape index (κ3) is 8.72. The summed E-state index contributed by atoms with van der Waals surface area (Å²) < 4.78 is 57.7. The molecule has 0 radical (unpaired) electrons. The Morgan fingerprint density at radius 3 is 1.67 bits per heavy atom. The van der Waals surface area contributed by atoms with Crippen LogP contribution < -0.4 is 10.6 Å². The van der Waals surface area contributed by atoms with Crippen molar-refractivity contribution in [2.75, 3.05) is 19.6 Å². The number of hydrogen-bond donors (Lipinski definition) is 2. The number of esters is 3. The van der Waals surface area contributed by atoms with Crippen LogP contribution in [0.25, 0.3) is 10.4 Å². The first-order valence-electron chi connectivity index (χ1n) is 16.7. The highest BCUT2D eigenvalue weighted by Crippen LogP contribution is 2.40. The molecule has 20 nitrogen and oxygen atoms in total. The summed E-state index contributed by atoms with van der Waals surface area (Å²) in [5, 5.41) is 9.03. The van der Waals surface area contributed by atoms with E-state index < -0.39 is 121 Å². The highest BCUT2D eigenvalue weighted by Gasteiger charge is 2.60. The Morgan fingerprint density at radius 2 is 1.16 bits per heavy atom. The number of azide groups is 1. The first-order valence-corrected chi connectivity index (χ1v) is 16.7. The van der Waals surface area contributed by atoms with Gasteiger partial charge in [-0.25, -0.2) is 4.79 Å². The van der Waals surface area contributed by atoms with Crippen LogP contribution in [0.4, 0.5) is 0 Å². The van der Waals surface area contributed by atoms with E-state index in [1.807, 2.05) is 0 Å². The predicted octanol–water partition coefficient (Wildman–Crippen LogP) is -0.313. The second-order valence-electron chi connectivity index (χ2n) is 14.0. The Labute approximate surface area is 293 Å². The molecule has 2 amide bonds. The molecule has 12 atom stereocenters. The minimum atomic E-state index is -1.43. The van der Waals surface area contributed by atoms with Crippen molar-refractivity contribution in [2.24, 2.45) is 5.11 Å². The van der Waals surface area contributed by atoms with E-state index in [1.165, 1.54) is 0 Å². The van der Waals surface area contributed by atoms with Crippen LogP contribution in [0.5, 0.6) is 0 Å². The summed E-state index contributed by atoms with van der Waals surface area (Å²) in [4.78, 5) is 66.5. The monoisotopic (exact) mass is 727 g/mol. The van der Waals surface area contributed by atoms with Gasteiger partial charge in [-0.1, -0.05) is 5.11 Å². The van der Waals surface area contributed by atoms with Gasteiger partial charge in [-0.2, -0.15) is 0 Å². The average Bonchev–Trinajstić information content (AvgIpc) is 3.78. The highest BCUT2D eigenvalue weighted by atomic mass is 16.8. The molecule has 5 fully saturated rings. The van der Waals surface area contributed by atoms with Crippen LogP contribution in [0.15, 0.2) is 5.11 Å². The van der Waals surface area contributed by atoms with Gasteiger partial charge in [0, 0.05) is 31.8 Å². The fourth-order valence-electron chi connectivity index (χ4n) is 6.85. The molecule has 2 N–H and O–H groups in total. The molecule has 5 aliphatic rings. The van der Waals surface area contributed by atoms with Crippen molar-refractivity contribution in [1.29, 1.82) is 0 Å². The summed E-state index contributed by atoms with van der Waals surface area (Å²) in [5.74, 6) is -5.59. The van der Waals surface area contributed by atoms with Gasteiger partial charge in [-0.15, -0.1) is 0 Å². The molecule has 0 unspecified atom stereocenters. The Bertz CT molecular complexity index is 1420. The topological polar surface area (TPSA) is 250 Å². The lowest BCUT2D eigenvalue weighted by Gasteiger charge is -2.26. The fraction of sp³-hybridized carbons (Fsp3) is 0.839. The maximum atomic E-state index is 13.6. The van der Waals surface area contributed by atoms with Crippen LogP contribution in [0.1, 0.15) is 55.4 Å². The number of fused-ring (bicyclic) bond motifs is 2. The van der Waals surface area contributed by atoms with Crippen molar-refractivity contribution in [3.63, 3.8) is 0 Å². The standard InChI is InChI=1S/C31H45N5O15/c1-12(2)42-29(41)26-21(44-14(4)38)18(43-13(3)37)15(47-26)9-33-27(39)24-22-19(48-30(5,6)50-22)16(45-24)10-34-28(40)25-23-20(49-31(7,8)51-23)17(46-25)11-35-36-32/h12,15-26H,9-11H2,1-8H3,(H,33,39)(H,34,40)/t15-,16-,17-,18-,19-,20-,21-,22-,23-,24-,25-,26-/m0/s1. The summed E-state index contributed by atoms with van der Waals surface area (Å²) in [6, 6.07) is 0. The van der Waals surface area contributed by atoms with Gasteiger partial charge < -0.3 is 58.0 Å². The molecular weight excluding hydrogens is 682 g/mol. The number of ether oxygens (including phenoxy) is 10. The summed E-state index contributed by atoms with van der Waals surface area (Å²) in [6.07, 6.45) is -12.6. The van der Waals surface area contributed by atoms with Gasteiger partial charge in [0.2, 0.25) is 0 Å². The van der Waals surface area contributed by atoms with Crippen LogP contribution in [0, 0.1) is 0 Å². The maximum Gasteiger partial charge on any atom is 0.339 e. The van der Waals surface area contributed by atoms with Crippen molar-refractivity contribution in [3.05, 3.63) is 10.4 Å². The second-order valence-corrected chi connectivity index (χ2v) is 14.0. The molecule has 20 heteroatoms. The quantitative estimate of drug-likeness (QED) is 0.0860. The third-order valence-electron chi connectivity index (χ3n) is 8.59. The van der Waals surface area contributed by atoms with Crippen molar-refractivity contribution in [2.45, 2.75) is 146 Å². The zero-order valence-corrected chi connectivity index (χ0v) is 29.6. The first kappa shape index (κ1) is 38.6. The zero-order valence-electron chi connectivity index (χ0n) is 29.6. The predicted molar refractivity (Wildman–Crippen MR) is 166 cm³/mol. The molecule has 51 heavy (non-hydrogen) atoms. The van der Waals surface area contributed by atoms with Gasteiger partial charge in [-0.05, 0) is 47.1 Å². The van der Waals surface area contributed by atoms with Gasteiger partial charge >= 0.3 is 17.9 Å². The number of nitrogens with one attached hydrogen (secondary N) is 2. The van der Waals surface area contributed by atoms with Crippen LogP contribution in [-0.2, 0) is 71.3 Å². The molecule has 0 saturated carbocycles. The van der Waals surface area contributed by atoms with Gasteiger partial charge in [-0.3, -0.25) is 19.2 Å². The lowest BCUT2D eigenvalue weighted by molar-refractivity contribution is -0.190. The molecule has 0 aromatic heterocycles. The normalized spacial score (nSPS) is 37.2. The van der Waals surface area contributed by atoms with Crippen LogP contribution in [0.3, 0.4) is 0 Å². The number of nitrogens with zero attached hydrogens (tertiary/aromatic N) is 3. The van der Waals surface area contributed by atoms with Crippen molar-refractivity contribution < 1.29 is 71.3 Å². The highest BCUT2D eigenvalue weighted by molar-refractivity contribution is 5.83. The summed E-state index contributed by atoms with van der Waals surface area (Å²) in [5.41, 5.74) is 8.78. The second kappa shape index (κ2) is 15.2. The number of carbonyl (C=O) groups excluding carboxylic acids is 5. The molecule has 0 bridgehead atoms. The molecular formula is C31H45N5O15. The molecule has 284 valence electrons. The van der Waals surface area contributed by atoms with Crippen LogP contribution >= 0.6 is 0 Å². The van der Waals surface area contributed by atoms with Crippen molar-refractivity contribution in [3.8, 4) is 0 Å². The lowest BCUT2D eigenvalue weighted by atomic mass is 10.1. The number of rotatable bonds is 12. The summed E-state index contributed by atoms with van der Waals surface area (Å²) in [6.45, 7) is 11.8. The van der Waals surface area contributed by atoms with E-state index in [1.54, 1.807) is 41.5 Å². The smallest absolute Gasteiger partial charge is 0.339 e. The molecule has 5 heterocycles. The van der Waals surface area contributed by atoms with E-state index in [4.69, 9.17) is 52.9 Å². The lowest BCUT2D eigenvalue weighted by Crippen LogP contribution is -2.48. The summed E-state index contributed by atoms with van der Waals surface area (Å²) >= 11 is 0. The maximum absolute atomic E-state index is 13.6. The molecule has 5 saturated heterocycles. The Balaban J connectivity index is 1.24. The van der Waals surface area contributed by atoms with Crippen LogP contribution in [0.2, 0.25) is 0 Å².